The fraction of sp³-hybridized carbons (Fsp3) is 0.636. The van der Waals surface area contributed by atoms with Crippen molar-refractivity contribution in [2.24, 2.45) is 11.3 Å². The summed E-state index contributed by atoms with van der Waals surface area (Å²) in [6.07, 6.45) is 10.8. The molecule has 0 bridgehead atoms. The number of aliphatic hydroxyl groups is 2. The smallest absolute Gasteiger partial charge is 0.316 e. The van der Waals surface area contributed by atoms with Crippen LogP contribution < -0.4 is 4.74 Å². The number of hydrogen-bond donors (Lipinski definition) is 3. The van der Waals surface area contributed by atoms with Crippen LogP contribution in [0.2, 0.25) is 5.02 Å². The number of benzene rings is 1. The Balaban J connectivity index is 1.98. The summed E-state index contributed by atoms with van der Waals surface area (Å²) in [4.78, 5) is 24.9. The number of carboxylic acids is 1. The van der Waals surface area contributed by atoms with Gasteiger partial charge in [0.25, 0.3) is 0 Å². The van der Waals surface area contributed by atoms with Crippen molar-refractivity contribution in [2.45, 2.75) is 110 Å². The average Bonchev–Trinajstić information content (AvgIpc) is 3.23. The van der Waals surface area contributed by atoms with Gasteiger partial charge in [-0.3, -0.25) is 9.59 Å². The van der Waals surface area contributed by atoms with Crippen molar-refractivity contribution >= 4 is 35.3 Å². The number of halogens is 1. The molecule has 0 saturated carbocycles. The Bertz CT molecular complexity index is 1020. The molecular formula is C33H49ClO7S. The van der Waals surface area contributed by atoms with Gasteiger partial charge in [0.15, 0.2) is 0 Å². The number of carboxylic acid groups (broad SMARTS) is 1. The summed E-state index contributed by atoms with van der Waals surface area (Å²) < 4.78 is 11.7. The van der Waals surface area contributed by atoms with Gasteiger partial charge in [0.05, 0.1) is 24.2 Å². The molecule has 0 spiro atoms. The van der Waals surface area contributed by atoms with E-state index >= 15 is 0 Å². The summed E-state index contributed by atoms with van der Waals surface area (Å²) in [6, 6.07) is 7.23. The van der Waals surface area contributed by atoms with E-state index in [-0.39, 0.29) is 24.7 Å². The molecule has 0 radical (unpaired) electrons. The van der Waals surface area contributed by atoms with Crippen LogP contribution in [0, 0.1) is 11.3 Å². The van der Waals surface area contributed by atoms with E-state index in [0.29, 0.717) is 36.7 Å². The molecule has 0 aliphatic heterocycles. The number of carbonyl (C=O) groups is 2. The van der Waals surface area contributed by atoms with Crippen LogP contribution in [0.5, 0.6) is 5.75 Å². The van der Waals surface area contributed by atoms with E-state index < -0.39 is 23.6 Å². The lowest BCUT2D eigenvalue weighted by Gasteiger charge is -2.23. The van der Waals surface area contributed by atoms with Gasteiger partial charge in [-0.1, -0.05) is 56.4 Å². The van der Waals surface area contributed by atoms with Crippen LogP contribution in [0.1, 0.15) is 97.8 Å². The largest absolute Gasteiger partial charge is 0.494 e. The van der Waals surface area contributed by atoms with E-state index in [1.54, 1.807) is 30.0 Å². The lowest BCUT2D eigenvalue weighted by molar-refractivity contribution is -0.150. The highest BCUT2D eigenvalue weighted by Crippen LogP contribution is 2.42. The molecule has 7 nitrogen and oxygen atoms in total. The molecule has 3 atom stereocenters. The Labute approximate surface area is 260 Å². The number of ether oxygens (including phenoxy) is 2. The SMILES string of the molecule is CCCCC[C@H](O)C=C[C@@H]1C(SCCCCCC(=O)O)=C(OC(=O)C(C)(C)CCCCOc2ccc(Cl)cc2)C[C@H]1O. The second-order valence-electron chi connectivity index (χ2n) is 11.6. The van der Waals surface area contributed by atoms with Crippen molar-refractivity contribution in [3.8, 4) is 5.75 Å². The minimum Gasteiger partial charge on any atom is -0.494 e. The van der Waals surface area contributed by atoms with Crippen molar-refractivity contribution < 1.29 is 34.4 Å². The Hall–Kier alpha value is -2.00. The van der Waals surface area contributed by atoms with Crippen LogP contribution in [0.15, 0.2) is 47.1 Å². The molecule has 0 heterocycles. The van der Waals surface area contributed by atoms with E-state index in [9.17, 15) is 19.8 Å². The number of esters is 1. The van der Waals surface area contributed by atoms with E-state index in [4.69, 9.17) is 26.2 Å². The second kappa shape index (κ2) is 19.3. The molecule has 0 fully saturated rings. The molecule has 3 N–H and O–H groups in total. The number of rotatable bonds is 21. The highest BCUT2D eigenvalue weighted by Gasteiger charge is 2.37. The molecule has 236 valence electrons. The highest BCUT2D eigenvalue weighted by atomic mass is 35.5. The molecule has 1 aromatic carbocycles. The first-order valence-electron chi connectivity index (χ1n) is 15.3. The summed E-state index contributed by atoms with van der Waals surface area (Å²) in [5.41, 5.74) is -0.714. The summed E-state index contributed by atoms with van der Waals surface area (Å²) >= 11 is 7.46. The summed E-state index contributed by atoms with van der Waals surface area (Å²) in [7, 11) is 0. The highest BCUT2D eigenvalue weighted by molar-refractivity contribution is 8.03. The molecule has 9 heteroatoms. The van der Waals surface area contributed by atoms with Crippen LogP contribution in [0.3, 0.4) is 0 Å². The number of thioether (sulfide) groups is 1. The van der Waals surface area contributed by atoms with Gasteiger partial charge in [0.1, 0.15) is 11.5 Å². The summed E-state index contributed by atoms with van der Waals surface area (Å²) in [5, 5.41) is 30.9. The minimum atomic E-state index is -0.794. The van der Waals surface area contributed by atoms with Gasteiger partial charge >= 0.3 is 11.9 Å². The molecule has 1 aromatic rings. The van der Waals surface area contributed by atoms with Crippen LogP contribution in [-0.4, -0.2) is 51.8 Å². The normalized spacial score (nSPS) is 18.0. The maximum Gasteiger partial charge on any atom is 0.316 e. The van der Waals surface area contributed by atoms with E-state index in [1.165, 1.54) is 0 Å². The van der Waals surface area contributed by atoms with Gasteiger partial charge in [-0.25, -0.2) is 0 Å². The Kier molecular flexibility index (Phi) is 16.6. The van der Waals surface area contributed by atoms with Crippen molar-refractivity contribution in [1.82, 2.24) is 0 Å². The first kappa shape index (κ1) is 36.2. The predicted octanol–water partition coefficient (Wildman–Crippen LogP) is 7.93. The number of aliphatic hydroxyl groups excluding tert-OH is 2. The maximum absolute atomic E-state index is 13.3. The Morgan fingerprint density at radius 3 is 2.52 bits per heavy atom. The first-order valence-corrected chi connectivity index (χ1v) is 16.6. The van der Waals surface area contributed by atoms with E-state index in [0.717, 1.165) is 61.4 Å². The van der Waals surface area contributed by atoms with Gasteiger partial charge in [0.2, 0.25) is 0 Å². The lowest BCUT2D eigenvalue weighted by atomic mass is 9.87. The van der Waals surface area contributed by atoms with Gasteiger partial charge in [-0.15, -0.1) is 11.8 Å². The summed E-state index contributed by atoms with van der Waals surface area (Å²) in [5.74, 6) is 0.505. The van der Waals surface area contributed by atoms with Gasteiger partial charge < -0.3 is 24.8 Å². The number of hydrogen-bond acceptors (Lipinski definition) is 7. The zero-order chi connectivity index (χ0) is 31.0. The van der Waals surface area contributed by atoms with Crippen molar-refractivity contribution in [3.63, 3.8) is 0 Å². The van der Waals surface area contributed by atoms with Gasteiger partial charge in [-0.2, -0.15) is 0 Å². The molecule has 0 amide bonds. The van der Waals surface area contributed by atoms with Gasteiger partial charge in [-0.05, 0) is 82.4 Å². The van der Waals surface area contributed by atoms with Crippen LogP contribution in [0.4, 0.5) is 0 Å². The molecule has 0 aromatic heterocycles. The first-order chi connectivity index (χ1) is 20.0. The molecule has 2 rings (SSSR count). The third-order valence-electron chi connectivity index (χ3n) is 7.37. The Morgan fingerprint density at radius 1 is 1.10 bits per heavy atom. The zero-order valence-electron chi connectivity index (χ0n) is 25.4. The van der Waals surface area contributed by atoms with Crippen molar-refractivity contribution in [2.75, 3.05) is 12.4 Å². The topological polar surface area (TPSA) is 113 Å². The lowest BCUT2D eigenvalue weighted by Crippen LogP contribution is -2.26. The van der Waals surface area contributed by atoms with Crippen molar-refractivity contribution in [3.05, 3.63) is 52.1 Å². The number of unbranched alkanes of at least 4 members (excludes halogenated alkanes) is 5. The average molecular weight is 625 g/mol. The molecule has 42 heavy (non-hydrogen) atoms. The number of aliphatic carboxylic acids is 1. The molecule has 1 aliphatic rings. The van der Waals surface area contributed by atoms with Crippen LogP contribution in [0.25, 0.3) is 0 Å². The molecule has 1 aliphatic carbocycles. The quantitative estimate of drug-likeness (QED) is 0.0718. The van der Waals surface area contributed by atoms with E-state index in [2.05, 4.69) is 6.92 Å². The minimum absolute atomic E-state index is 0.151. The maximum atomic E-state index is 13.3. The molecule has 0 unspecified atom stereocenters. The predicted molar refractivity (Wildman–Crippen MR) is 170 cm³/mol. The van der Waals surface area contributed by atoms with Crippen molar-refractivity contribution in [1.29, 1.82) is 0 Å². The van der Waals surface area contributed by atoms with E-state index in [1.807, 2.05) is 32.1 Å². The molecular weight excluding hydrogens is 576 g/mol. The monoisotopic (exact) mass is 624 g/mol. The third kappa shape index (κ3) is 13.5. The van der Waals surface area contributed by atoms with Crippen LogP contribution >= 0.6 is 23.4 Å². The number of carbonyl (C=O) groups excluding carboxylic acids is 1. The molecule has 0 saturated heterocycles. The zero-order valence-corrected chi connectivity index (χ0v) is 26.9. The Morgan fingerprint density at radius 2 is 1.83 bits per heavy atom. The van der Waals surface area contributed by atoms with Crippen LogP contribution in [-0.2, 0) is 14.3 Å². The van der Waals surface area contributed by atoms with Gasteiger partial charge in [0, 0.05) is 28.7 Å². The second-order valence-corrected chi connectivity index (χ2v) is 13.2. The fourth-order valence-electron chi connectivity index (χ4n) is 4.69. The third-order valence-corrected chi connectivity index (χ3v) is 8.93. The fourth-order valence-corrected chi connectivity index (χ4v) is 6.10. The standard InChI is InChI=1S/C33H49ClO7S/c1-4-5-7-12-25(35)16-19-27-28(36)23-29(31(27)42-22-11-6-8-13-30(37)38)41-32(39)33(2,3)20-9-10-21-40-26-17-14-24(34)15-18-26/h14-19,25,27-28,35-36H,4-13,20-23H2,1-3H3,(H,37,38)/t25-,27-,28+/m0/s1. The summed E-state index contributed by atoms with van der Waals surface area (Å²) in [6.45, 7) is 6.41.